The Morgan fingerprint density at radius 3 is 2.82 bits per heavy atom. The number of hydrogen-bond donors (Lipinski definition) is 2. The molecule has 90 valence electrons. The standard InChI is InChI=1S/C14H18N2O/c1-17-7-6-16-13-8-11-4-2-3-5-14(11)12(9-13)10-15/h2-5,8-9,16H,6-7,10,15H2,1H3. The molecule has 3 N–H and O–H groups in total. The Hall–Kier alpha value is -1.58. The summed E-state index contributed by atoms with van der Waals surface area (Å²) in [6.07, 6.45) is 0. The number of benzene rings is 2. The molecule has 2 aromatic carbocycles. The van der Waals surface area contributed by atoms with Gasteiger partial charge in [-0.1, -0.05) is 24.3 Å². The van der Waals surface area contributed by atoms with E-state index in [-0.39, 0.29) is 0 Å². The first-order valence-corrected chi connectivity index (χ1v) is 5.79. The van der Waals surface area contributed by atoms with E-state index >= 15 is 0 Å². The van der Waals surface area contributed by atoms with Gasteiger partial charge in [0.2, 0.25) is 0 Å². The molecule has 3 nitrogen and oxygen atoms in total. The van der Waals surface area contributed by atoms with Gasteiger partial charge >= 0.3 is 0 Å². The fourth-order valence-electron chi connectivity index (χ4n) is 1.96. The second-order valence-corrected chi connectivity index (χ2v) is 3.98. The van der Waals surface area contributed by atoms with Crippen molar-refractivity contribution in [2.45, 2.75) is 6.54 Å². The van der Waals surface area contributed by atoms with Gasteiger partial charge in [-0.05, 0) is 28.5 Å². The zero-order valence-corrected chi connectivity index (χ0v) is 10.1. The first-order valence-electron chi connectivity index (χ1n) is 5.79. The predicted octanol–water partition coefficient (Wildman–Crippen LogP) is 2.36. The Bertz CT molecular complexity index is 497. The third-order valence-corrected chi connectivity index (χ3v) is 2.80. The highest BCUT2D eigenvalue weighted by atomic mass is 16.5. The average Bonchev–Trinajstić information content (AvgIpc) is 2.38. The van der Waals surface area contributed by atoms with Crippen molar-refractivity contribution in [3.8, 4) is 0 Å². The summed E-state index contributed by atoms with van der Waals surface area (Å²) in [6, 6.07) is 12.6. The van der Waals surface area contributed by atoms with Gasteiger partial charge in [-0.2, -0.15) is 0 Å². The first kappa shape index (κ1) is 11.9. The van der Waals surface area contributed by atoms with Crippen LogP contribution < -0.4 is 11.1 Å². The average molecular weight is 230 g/mol. The lowest BCUT2D eigenvalue weighted by atomic mass is 10.0. The number of fused-ring (bicyclic) bond motifs is 1. The van der Waals surface area contributed by atoms with Crippen LogP contribution in [0.2, 0.25) is 0 Å². The van der Waals surface area contributed by atoms with Gasteiger partial charge < -0.3 is 15.8 Å². The van der Waals surface area contributed by atoms with E-state index in [1.54, 1.807) is 7.11 Å². The van der Waals surface area contributed by atoms with E-state index in [4.69, 9.17) is 10.5 Å². The number of anilines is 1. The van der Waals surface area contributed by atoms with Crippen molar-refractivity contribution in [1.29, 1.82) is 0 Å². The summed E-state index contributed by atoms with van der Waals surface area (Å²) in [5.74, 6) is 0. The SMILES string of the molecule is COCCNc1cc(CN)c2ccccc2c1. The lowest BCUT2D eigenvalue weighted by Crippen LogP contribution is -2.08. The van der Waals surface area contributed by atoms with Crippen LogP contribution in [0.25, 0.3) is 10.8 Å². The maximum atomic E-state index is 5.79. The maximum absolute atomic E-state index is 5.79. The van der Waals surface area contributed by atoms with Crippen LogP contribution in [0.3, 0.4) is 0 Å². The molecular formula is C14H18N2O. The Morgan fingerprint density at radius 2 is 2.06 bits per heavy atom. The molecule has 2 aromatic rings. The Kier molecular flexibility index (Phi) is 3.96. The van der Waals surface area contributed by atoms with E-state index < -0.39 is 0 Å². The fourth-order valence-corrected chi connectivity index (χ4v) is 1.96. The number of ether oxygens (including phenoxy) is 1. The van der Waals surface area contributed by atoms with Crippen LogP contribution in [0.4, 0.5) is 5.69 Å². The summed E-state index contributed by atoms with van der Waals surface area (Å²) in [4.78, 5) is 0. The van der Waals surface area contributed by atoms with Crippen molar-refractivity contribution in [1.82, 2.24) is 0 Å². The molecule has 0 heterocycles. The Morgan fingerprint density at radius 1 is 1.24 bits per heavy atom. The molecule has 0 aromatic heterocycles. The number of rotatable bonds is 5. The monoisotopic (exact) mass is 230 g/mol. The minimum absolute atomic E-state index is 0.556. The molecule has 0 aliphatic carbocycles. The predicted molar refractivity (Wildman–Crippen MR) is 72.2 cm³/mol. The van der Waals surface area contributed by atoms with Gasteiger partial charge in [-0.25, -0.2) is 0 Å². The smallest absolute Gasteiger partial charge is 0.0635 e. The second-order valence-electron chi connectivity index (χ2n) is 3.98. The van der Waals surface area contributed by atoms with Crippen molar-refractivity contribution in [3.63, 3.8) is 0 Å². The molecular weight excluding hydrogens is 212 g/mol. The topological polar surface area (TPSA) is 47.3 Å². The molecule has 0 spiro atoms. The zero-order chi connectivity index (χ0) is 12.1. The summed E-state index contributed by atoms with van der Waals surface area (Å²) in [5, 5.41) is 5.78. The van der Waals surface area contributed by atoms with Crippen molar-refractivity contribution >= 4 is 16.5 Å². The minimum Gasteiger partial charge on any atom is -0.383 e. The molecule has 0 aliphatic rings. The summed E-state index contributed by atoms with van der Waals surface area (Å²) < 4.78 is 5.02. The van der Waals surface area contributed by atoms with E-state index in [0.717, 1.165) is 12.2 Å². The maximum Gasteiger partial charge on any atom is 0.0635 e. The van der Waals surface area contributed by atoms with Crippen LogP contribution in [0.1, 0.15) is 5.56 Å². The van der Waals surface area contributed by atoms with Gasteiger partial charge in [0.05, 0.1) is 6.61 Å². The normalized spacial score (nSPS) is 10.7. The molecule has 0 atom stereocenters. The van der Waals surface area contributed by atoms with Crippen LogP contribution in [-0.4, -0.2) is 20.3 Å². The quantitative estimate of drug-likeness (QED) is 0.775. The fraction of sp³-hybridized carbons (Fsp3) is 0.286. The Balaban J connectivity index is 2.32. The van der Waals surface area contributed by atoms with Crippen LogP contribution in [0.15, 0.2) is 36.4 Å². The minimum atomic E-state index is 0.556. The molecule has 0 radical (unpaired) electrons. The second kappa shape index (κ2) is 5.66. The number of hydrogen-bond acceptors (Lipinski definition) is 3. The molecule has 0 saturated heterocycles. The first-order chi connectivity index (χ1) is 8.35. The number of nitrogens with one attached hydrogen (secondary N) is 1. The molecule has 0 amide bonds. The van der Waals surface area contributed by atoms with Gasteiger partial charge in [0.15, 0.2) is 0 Å². The molecule has 0 aliphatic heterocycles. The van der Waals surface area contributed by atoms with E-state index in [1.807, 2.05) is 12.1 Å². The van der Waals surface area contributed by atoms with Gasteiger partial charge in [-0.15, -0.1) is 0 Å². The zero-order valence-electron chi connectivity index (χ0n) is 10.1. The van der Waals surface area contributed by atoms with Crippen molar-refractivity contribution in [2.24, 2.45) is 5.73 Å². The van der Waals surface area contributed by atoms with Crippen molar-refractivity contribution in [3.05, 3.63) is 42.0 Å². The molecule has 0 unspecified atom stereocenters. The summed E-state index contributed by atoms with van der Waals surface area (Å²) >= 11 is 0. The molecule has 17 heavy (non-hydrogen) atoms. The van der Waals surface area contributed by atoms with Crippen molar-refractivity contribution < 1.29 is 4.74 Å². The number of methoxy groups -OCH3 is 1. The lowest BCUT2D eigenvalue weighted by molar-refractivity contribution is 0.211. The summed E-state index contributed by atoms with van der Waals surface area (Å²) in [5.41, 5.74) is 8.05. The highest BCUT2D eigenvalue weighted by molar-refractivity contribution is 5.89. The molecule has 0 fully saturated rings. The van der Waals surface area contributed by atoms with Crippen LogP contribution in [-0.2, 0) is 11.3 Å². The van der Waals surface area contributed by atoms with Gasteiger partial charge in [0, 0.05) is 25.9 Å². The van der Waals surface area contributed by atoms with Gasteiger partial charge in [0.25, 0.3) is 0 Å². The summed E-state index contributed by atoms with van der Waals surface area (Å²) in [7, 11) is 1.70. The molecule has 2 rings (SSSR count). The molecule has 0 saturated carbocycles. The number of nitrogens with two attached hydrogens (primary N) is 1. The van der Waals surface area contributed by atoms with Gasteiger partial charge in [-0.3, -0.25) is 0 Å². The van der Waals surface area contributed by atoms with E-state index in [0.29, 0.717) is 13.2 Å². The third kappa shape index (κ3) is 2.75. The van der Waals surface area contributed by atoms with Crippen LogP contribution in [0, 0.1) is 0 Å². The highest BCUT2D eigenvalue weighted by Gasteiger charge is 2.02. The van der Waals surface area contributed by atoms with Crippen LogP contribution in [0.5, 0.6) is 0 Å². The van der Waals surface area contributed by atoms with Gasteiger partial charge in [0.1, 0.15) is 0 Å². The third-order valence-electron chi connectivity index (χ3n) is 2.80. The molecule has 3 heteroatoms. The highest BCUT2D eigenvalue weighted by Crippen LogP contribution is 2.23. The summed E-state index contributed by atoms with van der Waals surface area (Å²) in [6.45, 7) is 2.06. The van der Waals surface area contributed by atoms with E-state index in [9.17, 15) is 0 Å². The van der Waals surface area contributed by atoms with E-state index in [1.165, 1.54) is 16.3 Å². The lowest BCUT2D eigenvalue weighted by Gasteiger charge is -2.10. The Labute approximate surface area is 102 Å². The van der Waals surface area contributed by atoms with E-state index in [2.05, 4.69) is 29.6 Å². The largest absolute Gasteiger partial charge is 0.383 e. The van der Waals surface area contributed by atoms with Crippen molar-refractivity contribution in [2.75, 3.05) is 25.6 Å². The molecule has 0 bridgehead atoms. The van der Waals surface area contributed by atoms with Crippen LogP contribution >= 0.6 is 0 Å².